The number of carbonyl (C=O) groups excluding carboxylic acids is 1. The van der Waals surface area contributed by atoms with Crippen LogP contribution in [0.1, 0.15) is 37.7 Å². The van der Waals surface area contributed by atoms with Gasteiger partial charge in [-0.2, -0.15) is 0 Å². The first-order valence-electron chi connectivity index (χ1n) is 9.50. The molecular weight excluding hydrogens is 369 g/mol. The van der Waals surface area contributed by atoms with Crippen LogP contribution in [0, 0.1) is 5.92 Å². The van der Waals surface area contributed by atoms with Gasteiger partial charge in [-0.3, -0.25) is 4.79 Å². The summed E-state index contributed by atoms with van der Waals surface area (Å²) in [6, 6.07) is 11.1. The van der Waals surface area contributed by atoms with Crippen molar-refractivity contribution < 1.29 is 4.79 Å². The van der Waals surface area contributed by atoms with E-state index < -0.39 is 5.54 Å². The zero-order chi connectivity index (χ0) is 16.6. The largest absolute Gasteiger partial charge is 0.337 e. The van der Waals surface area contributed by atoms with Crippen molar-refractivity contribution in [2.45, 2.75) is 50.1 Å². The van der Waals surface area contributed by atoms with Crippen molar-refractivity contribution in [3.05, 3.63) is 35.9 Å². The summed E-state index contributed by atoms with van der Waals surface area (Å²) in [4.78, 5) is 17.4. The Morgan fingerprint density at radius 1 is 1.08 bits per heavy atom. The van der Waals surface area contributed by atoms with Crippen LogP contribution in [0.4, 0.5) is 0 Å². The molecule has 5 rings (SSSR count). The van der Waals surface area contributed by atoms with Crippen LogP contribution in [0.25, 0.3) is 0 Å². The number of fused-ring (bicyclic) bond motifs is 4. The molecule has 146 valence electrons. The number of nitrogens with zero attached hydrogens (tertiary/aromatic N) is 2. The minimum absolute atomic E-state index is 0. The molecule has 6 heteroatoms. The maximum Gasteiger partial charge on any atom is 0.242 e. The molecular formula is C20H31Cl2N3O. The number of hydrogen-bond acceptors (Lipinski definition) is 3. The lowest BCUT2D eigenvalue weighted by atomic mass is 9.94. The van der Waals surface area contributed by atoms with Gasteiger partial charge in [0, 0.05) is 25.7 Å². The summed E-state index contributed by atoms with van der Waals surface area (Å²) in [7, 11) is 0. The van der Waals surface area contributed by atoms with Crippen LogP contribution in [0.5, 0.6) is 0 Å². The molecule has 2 atom stereocenters. The number of benzene rings is 1. The van der Waals surface area contributed by atoms with Gasteiger partial charge in [0.15, 0.2) is 0 Å². The Kier molecular flexibility index (Phi) is 7.37. The van der Waals surface area contributed by atoms with E-state index in [0.717, 1.165) is 51.9 Å². The molecule has 1 amide bonds. The molecule has 2 bridgehead atoms. The summed E-state index contributed by atoms with van der Waals surface area (Å²) in [5.74, 6) is 0.857. The fourth-order valence-corrected chi connectivity index (χ4v) is 4.40. The van der Waals surface area contributed by atoms with Crippen LogP contribution in [0.15, 0.2) is 30.3 Å². The highest BCUT2D eigenvalue weighted by Gasteiger charge is 2.51. The van der Waals surface area contributed by atoms with Crippen LogP contribution < -0.4 is 5.73 Å². The Hall–Kier alpha value is -0.810. The number of nitrogens with two attached hydrogens (primary N) is 1. The molecule has 1 saturated carbocycles. The fourth-order valence-electron chi connectivity index (χ4n) is 4.40. The molecule has 4 aliphatic rings. The molecule has 0 aromatic heterocycles. The topological polar surface area (TPSA) is 49.6 Å². The summed E-state index contributed by atoms with van der Waals surface area (Å²) in [6.45, 7) is 4.25. The SMILES string of the molecule is Cl.Cl.NC1(C(=O)N2C[C@H]3CC[C@@H]2CN(CCCc2ccccc2)C3)CC1. The Morgan fingerprint density at radius 2 is 1.81 bits per heavy atom. The maximum atomic E-state index is 12.7. The number of aryl methyl sites for hydroxylation is 1. The van der Waals surface area contributed by atoms with Gasteiger partial charge in [0.2, 0.25) is 5.91 Å². The summed E-state index contributed by atoms with van der Waals surface area (Å²) < 4.78 is 0. The number of amides is 1. The molecule has 0 radical (unpaired) electrons. The van der Waals surface area contributed by atoms with Crippen molar-refractivity contribution in [2.75, 3.05) is 26.2 Å². The summed E-state index contributed by atoms with van der Waals surface area (Å²) in [5.41, 5.74) is 7.09. The minimum Gasteiger partial charge on any atom is -0.337 e. The van der Waals surface area contributed by atoms with Gasteiger partial charge in [-0.1, -0.05) is 30.3 Å². The van der Waals surface area contributed by atoms with Crippen molar-refractivity contribution in [1.82, 2.24) is 9.80 Å². The van der Waals surface area contributed by atoms with E-state index in [2.05, 4.69) is 40.1 Å². The average Bonchev–Trinajstić information content (AvgIpc) is 3.39. The van der Waals surface area contributed by atoms with Gasteiger partial charge in [0.1, 0.15) is 0 Å². The van der Waals surface area contributed by atoms with Crippen LogP contribution in [0.2, 0.25) is 0 Å². The lowest BCUT2D eigenvalue weighted by Crippen LogP contribution is -2.54. The van der Waals surface area contributed by atoms with Crippen LogP contribution in [-0.2, 0) is 11.2 Å². The predicted octanol–water partition coefficient (Wildman–Crippen LogP) is 2.88. The molecule has 26 heavy (non-hydrogen) atoms. The molecule has 1 aromatic rings. The van der Waals surface area contributed by atoms with Gasteiger partial charge in [-0.05, 0) is 56.6 Å². The highest BCUT2D eigenvalue weighted by molar-refractivity contribution is 5.89. The van der Waals surface area contributed by atoms with E-state index in [9.17, 15) is 4.79 Å². The Morgan fingerprint density at radius 3 is 2.50 bits per heavy atom. The lowest BCUT2D eigenvalue weighted by Gasteiger charge is -2.37. The van der Waals surface area contributed by atoms with Gasteiger partial charge in [-0.15, -0.1) is 24.8 Å². The Labute approximate surface area is 169 Å². The molecule has 3 aliphatic heterocycles. The van der Waals surface area contributed by atoms with E-state index in [0.29, 0.717) is 12.0 Å². The molecule has 0 spiro atoms. The van der Waals surface area contributed by atoms with Crippen molar-refractivity contribution in [3.63, 3.8) is 0 Å². The molecule has 2 N–H and O–H groups in total. The van der Waals surface area contributed by atoms with E-state index in [1.165, 1.54) is 18.4 Å². The van der Waals surface area contributed by atoms with Gasteiger partial charge < -0.3 is 15.5 Å². The maximum absolute atomic E-state index is 12.7. The summed E-state index contributed by atoms with van der Waals surface area (Å²) >= 11 is 0. The second-order valence-electron chi connectivity index (χ2n) is 8.06. The first kappa shape index (κ1) is 21.5. The van der Waals surface area contributed by atoms with Crippen LogP contribution in [0.3, 0.4) is 0 Å². The molecule has 1 aliphatic carbocycles. The number of hydrogen-bond donors (Lipinski definition) is 1. The molecule has 3 saturated heterocycles. The van der Waals surface area contributed by atoms with Gasteiger partial charge in [0.05, 0.1) is 5.54 Å². The predicted molar refractivity (Wildman–Crippen MR) is 110 cm³/mol. The van der Waals surface area contributed by atoms with Gasteiger partial charge >= 0.3 is 0 Å². The lowest BCUT2D eigenvalue weighted by molar-refractivity contribution is -0.137. The number of halogens is 2. The normalized spacial score (nSPS) is 26.4. The summed E-state index contributed by atoms with van der Waals surface area (Å²) in [5, 5.41) is 0. The number of carbonyl (C=O) groups is 1. The smallest absolute Gasteiger partial charge is 0.242 e. The second-order valence-corrected chi connectivity index (χ2v) is 8.06. The average molecular weight is 400 g/mol. The van der Waals surface area contributed by atoms with Crippen LogP contribution >= 0.6 is 24.8 Å². The third-order valence-corrected chi connectivity index (χ3v) is 6.05. The van der Waals surface area contributed by atoms with E-state index in [-0.39, 0.29) is 30.7 Å². The molecule has 0 unspecified atom stereocenters. The zero-order valence-corrected chi connectivity index (χ0v) is 16.9. The van der Waals surface area contributed by atoms with Gasteiger partial charge in [0.25, 0.3) is 0 Å². The van der Waals surface area contributed by atoms with Crippen molar-refractivity contribution in [1.29, 1.82) is 0 Å². The fraction of sp³-hybridized carbons (Fsp3) is 0.650. The van der Waals surface area contributed by atoms with Gasteiger partial charge in [-0.25, -0.2) is 0 Å². The van der Waals surface area contributed by atoms with E-state index in [4.69, 9.17) is 5.73 Å². The Bertz CT molecular complexity index is 594. The molecule has 4 nitrogen and oxygen atoms in total. The first-order valence-corrected chi connectivity index (χ1v) is 9.50. The quantitative estimate of drug-likeness (QED) is 0.827. The van der Waals surface area contributed by atoms with E-state index in [1.807, 2.05) is 0 Å². The van der Waals surface area contributed by atoms with Crippen molar-refractivity contribution in [3.8, 4) is 0 Å². The second kappa shape index (κ2) is 8.92. The highest BCUT2D eigenvalue weighted by atomic mass is 35.5. The highest BCUT2D eigenvalue weighted by Crippen LogP contribution is 2.37. The Balaban J connectivity index is 0.00000121. The third kappa shape index (κ3) is 4.72. The third-order valence-electron chi connectivity index (χ3n) is 6.05. The van der Waals surface area contributed by atoms with Crippen LogP contribution in [-0.4, -0.2) is 53.5 Å². The molecule has 4 fully saturated rings. The van der Waals surface area contributed by atoms with E-state index in [1.54, 1.807) is 0 Å². The molecule has 1 aromatic carbocycles. The zero-order valence-electron chi connectivity index (χ0n) is 15.3. The summed E-state index contributed by atoms with van der Waals surface area (Å²) in [6.07, 6.45) is 6.50. The monoisotopic (exact) mass is 399 g/mol. The minimum atomic E-state index is -0.511. The molecule has 3 heterocycles. The van der Waals surface area contributed by atoms with E-state index >= 15 is 0 Å². The number of piperidine rings is 1. The number of rotatable bonds is 5. The standard InChI is InChI=1S/C20H29N3O.2ClH/c21-20(10-11-20)19(24)23-14-17-8-9-18(23)15-22(13-17)12-4-7-16-5-2-1-3-6-16;;/h1-3,5-6,17-18H,4,7-15,21H2;2*1H/t17-,18+;;/m0../s1. The first-order chi connectivity index (χ1) is 11.6. The van der Waals surface area contributed by atoms with Crippen molar-refractivity contribution >= 4 is 30.7 Å². The van der Waals surface area contributed by atoms with Crippen molar-refractivity contribution in [2.24, 2.45) is 11.7 Å².